The van der Waals surface area contributed by atoms with Crippen LogP contribution >= 0.6 is 11.3 Å². The van der Waals surface area contributed by atoms with Gasteiger partial charge in [0, 0.05) is 25.6 Å². The predicted molar refractivity (Wildman–Crippen MR) is 127 cm³/mol. The van der Waals surface area contributed by atoms with Crippen LogP contribution in [0.2, 0.25) is 0 Å². The van der Waals surface area contributed by atoms with Gasteiger partial charge in [-0.15, -0.1) is 11.3 Å². The Kier molecular flexibility index (Phi) is 6.77. The number of morpholine rings is 1. The lowest BCUT2D eigenvalue weighted by Gasteiger charge is -2.26. The maximum absolute atomic E-state index is 15.0. The number of hydrogen-bond donors (Lipinski definition) is 1. The van der Waals surface area contributed by atoms with Crippen LogP contribution in [0, 0.1) is 29.0 Å². The summed E-state index contributed by atoms with van der Waals surface area (Å²) in [6.45, 7) is 2.25. The van der Waals surface area contributed by atoms with Crippen LogP contribution < -0.4 is 5.32 Å². The molecule has 0 spiro atoms. The lowest BCUT2D eigenvalue weighted by molar-refractivity contribution is -0.122. The average Bonchev–Trinajstić information content (AvgIpc) is 3.62. The lowest BCUT2D eigenvalue weighted by atomic mass is 9.88. The van der Waals surface area contributed by atoms with E-state index in [-0.39, 0.29) is 30.6 Å². The molecule has 3 heterocycles. The number of hydrogen-bond acceptors (Lipinski definition) is 6. The summed E-state index contributed by atoms with van der Waals surface area (Å²) in [5.74, 6) is -0.503. The third-order valence-corrected chi connectivity index (χ3v) is 8.22. The molecule has 0 unspecified atom stereocenters. The second kappa shape index (κ2) is 9.95. The van der Waals surface area contributed by atoms with Gasteiger partial charge in [-0.05, 0) is 65.8 Å². The molecule has 1 amide bonds. The molecule has 34 heavy (non-hydrogen) atoms. The van der Waals surface area contributed by atoms with Crippen molar-refractivity contribution in [3.05, 3.63) is 45.9 Å². The summed E-state index contributed by atoms with van der Waals surface area (Å²) in [7, 11) is 0. The fourth-order valence-corrected chi connectivity index (χ4v) is 6.31. The van der Waals surface area contributed by atoms with Crippen LogP contribution in [-0.4, -0.2) is 55.0 Å². The van der Waals surface area contributed by atoms with Gasteiger partial charge in [-0.2, -0.15) is 5.26 Å². The highest BCUT2D eigenvalue weighted by molar-refractivity contribution is 7.12. The van der Waals surface area contributed by atoms with Gasteiger partial charge < -0.3 is 15.0 Å². The molecule has 3 fully saturated rings. The molecule has 5 rings (SSSR count). The maximum Gasteiger partial charge on any atom is 0.264 e. The van der Waals surface area contributed by atoms with Gasteiger partial charge in [0.2, 0.25) is 0 Å². The van der Waals surface area contributed by atoms with Crippen LogP contribution in [-0.2, 0) is 16.0 Å². The van der Waals surface area contributed by atoms with E-state index >= 15 is 0 Å². The molecule has 1 saturated carbocycles. The van der Waals surface area contributed by atoms with Crippen molar-refractivity contribution >= 4 is 23.0 Å². The number of nitrogens with one attached hydrogen (secondary N) is 1. The number of nitriles is 1. The highest BCUT2D eigenvalue weighted by Gasteiger charge is 2.42. The Bertz CT molecular complexity index is 1120. The summed E-state index contributed by atoms with van der Waals surface area (Å²) in [6, 6.07) is 9.26. The number of rotatable bonds is 7. The molecule has 1 aromatic carbocycles. The zero-order valence-electron chi connectivity index (χ0n) is 19.0. The van der Waals surface area contributed by atoms with E-state index in [9.17, 15) is 19.2 Å². The Balaban J connectivity index is 1.23. The Morgan fingerprint density at radius 1 is 1.24 bits per heavy atom. The molecule has 0 radical (unpaired) electrons. The summed E-state index contributed by atoms with van der Waals surface area (Å²) in [4.78, 5) is 27.8. The zero-order valence-corrected chi connectivity index (χ0v) is 19.8. The lowest BCUT2D eigenvalue weighted by Crippen LogP contribution is -2.42. The molecule has 3 aliphatic rings. The minimum Gasteiger partial charge on any atom is -0.378 e. The van der Waals surface area contributed by atoms with Crippen LogP contribution in [0.15, 0.2) is 29.6 Å². The maximum atomic E-state index is 15.0. The molecule has 1 aromatic heterocycles. The molecule has 2 aromatic rings. The normalized spacial score (nSPS) is 24.7. The third-order valence-electron chi connectivity index (χ3n) is 7.30. The van der Waals surface area contributed by atoms with E-state index in [1.807, 2.05) is 11.4 Å². The van der Waals surface area contributed by atoms with Crippen molar-refractivity contribution < 1.29 is 18.7 Å². The molecule has 2 saturated heterocycles. The van der Waals surface area contributed by atoms with Gasteiger partial charge >= 0.3 is 0 Å². The highest BCUT2D eigenvalue weighted by Crippen LogP contribution is 2.36. The summed E-state index contributed by atoms with van der Waals surface area (Å²) in [6.07, 6.45) is 3.60. The molecule has 2 bridgehead atoms. The summed E-state index contributed by atoms with van der Waals surface area (Å²) in [5, 5.41) is 14.9. The molecule has 6 nitrogen and oxygen atoms in total. The first-order valence-electron chi connectivity index (χ1n) is 11.9. The number of ether oxygens (including phenoxy) is 1. The number of piperidine rings is 1. The number of halogens is 1. The van der Waals surface area contributed by atoms with Gasteiger partial charge in [-0.1, -0.05) is 12.1 Å². The number of fused-ring (bicyclic) bond motifs is 2. The standard InChI is InChI=1S/C26H28FN3O3S/c27-22-12-17(20-13-24(34-15-20)26(32)30-5-7-33-8-6-30)1-2-18(22)9-16(14-28)10-23(31)25-19-3-4-21(11-19)29-25/h1-2,12-13,15-16,19,21,25,29H,3-11H2/t16-,19+,21-,25+/m1/s1. The van der Waals surface area contributed by atoms with Crippen LogP contribution in [0.3, 0.4) is 0 Å². The molecule has 8 heteroatoms. The number of nitrogens with zero attached hydrogens (tertiary/aromatic N) is 2. The van der Waals surface area contributed by atoms with Crippen molar-refractivity contribution in [3.63, 3.8) is 0 Å². The third kappa shape index (κ3) is 4.78. The van der Waals surface area contributed by atoms with Crippen LogP contribution in [0.1, 0.15) is 40.9 Å². The van der Waals surface area contributed by atoms with Crippen molar-refractivity contribution in [1.29, 1.82) is 5.26 Å². The first kappa shape index (κ1) is 23.2. The monoisotopic (exact) mass is 481 g/mol. The van der Waals surface area contributed by atoms with E-state index < -0.39 is 11.7 Å². The Hall–Kier alpha value is -2.60. The van der Waals surface area contributed by atoms with Crippen molar-refractivity contribution in [3.8, 4) is 17.2 Å². The SMILES string of the molecule is N#C[C@@H](CC(=O)[C@H]1N[C@@H]2CC[C@H]1C2)Cc1ccc(-c2csc(C(=O)N3CCOCC3)c2)cc1F. The Morgan fingerprint density at radius 3 is 2.74 bits per heavy atom. The number of thiophene rings is 1. The fourth-order valence-electron chi connectivity index (χ4n) is 5.43. The molecular formula is C26H28FN3O3S. The molecule has 2 aliphatic heterocycles. The Morgan fingerprint density at radius 2 is 2.06 bits per heavy atom. The van der Waals surface area contributed by atoms with Crippen molar-refractivity contribution in [2.75, 3.05) is 26.3 Å². The minimum absolute atomic E-state index is 0.0249. The number of carbonyl (C=O) groups is 2. The van der Waals surface area contributed by atoms with Crippen molar-refractivity contribution in [2.45, 2.75) is 44.2 Å². The molecule has 178 valence electrons. The van der Waals surface area contributed by atoms with E-state index in [0.717, 1.165) is 24.8 Å². The number of benzene rings is 1. The predicted octanol–water partition coefficient (Wildman–Crippen LogP) is 3.81. The molecule has 1 N–H and O–H groups in total. The zero-order chi connectivity index (χ0) is 23.7. The van der Waals surface area contributed by atoms with Crippen LogP contribution in [0.5, 0.6) is 0 Å². The highest BCUT2D eigenvalue weighted by atomic mass is 32.1. The first-order chi connectivity index (χ1) is 16.5. The van der Waals surface area contributed by atoms with Crippen molar-refractivity contribution in [1.82, 2.24) is 10.2 Å². The van der Waals surface area contributed by atoms with E-state index in [0.29, 0.717) is 54.3 Å². The largest absolute Gasteiger partial charge is 0.378 e. The number of carbonyl (C=O) groups excluding carboxylic acids is 2. The smallest absolute Gasteiger partial charge is 0.264 e. The first-order valence-corrected chi connectivity index (χ1v) is 12.8. The van der Waals surface area contributed by atoms with Gasteiger partial charge in [-0.3, -0.25) is 9.59 Å². The molecule has 1 aliphatic carbocycles. The van der Waals surface area contributed by atoms with Crippen molar-refractivity contribution in [2.24, 2.45) is 11.8 Å². The van der Waals surface area contributed by atoms with Gasteiger partial charge in [0.15, 0.2) is 5.78 Å². The average molecular weight is 482 g/mol. The Labute approximate surface area is 202 Å². The minimum atomic E-state index is -0.548. The second-order valence-electron chi connectivity index (χ2n) is 9.53. The van der Waals surface area contributed by atoms with Crippen LogP contribution in [0.25, 0.3) is 11.1 Å². The second-order valence-corrected chi connectivity index (χ2v) is 10.4. The van der Waals surface area contributed by atoms with Gasteiger partial charge in [0.05, 0.1) is 36.1 Å². The quantitative estimate of drug-likeness (QED) is 0.650. The summed E-state index contributed by atoms with van der Waals surface area (Å²) >= 11 is 1.35. The summed E-state index contributed by atoms with van der Waals surface area (Å²) in [5.41, 5.74) is 1.92. The molecular weight excluding hydrogens is 453 g/mol. The molecule has 4 atom stereocenters. The number of amides is 1. The number of Topliss-reactive ketones (excluding diaryl/α,β-unsaturated/α-hetero) is 1. The fraction of sp³-hybridized carbons (Fsp3) is 0.500. The van der Waals surface area contributed by atoms with E-state index in [1.54, 1.807) is 17.0 Å². The number of ketones is 1. The van der Waals surface area contributed by atoms with Gasteiger partial charge in [0.25, 0.3) is 5.91 Å². The summed E-state index contributed by atoms with van der Waals surface area (Å²) < 4.78 is 20.3. The van der Waals surface area contributed by atoms with E-state index in [1.165, 1.54) is 17.4 Å². The topological polar surface area (TPSA) is 82.4 Å². The van der Waals surface area contributed by atoms with E-state index in [4.69, 9.17) is 4.74 Å². The van der Waals surface area contributed by atoms with E-state index in [2.05, 4.69) is 11.4 Å². The van der Waals surface area contributed by atoms with Crippen LogP contribution in [0.4, 0.5) is 4.39 Å². The van der Waals surface area contributed by atoms with Gasteiger partial charge in [0.1, 0.15) is 5.82 Å². The van der Waals surface area contributed by atoms with Gasteiger partial charge in [-0.25, -0.2) is 4.39 Å².